The van der Waals surface area contributed by atoms with E-state index >= 15 is 0 Å². The Morgan fingerprint density at radius 2 is 1.88 bits per heavy atom. The van der Waals surface area contributed by atoms with Crippen LogP contribution in [0.1, 0.15) is 40.0 Å². The van der Waals surface area contributed by atoms with Crippen molar-refractivity contribution in [3.63, 3.8) is 0 Å². The number of halogens is 1. The van der Waals surface area contributed by atoms with Crippen molar-refractivity contribution in [2.24, 2.45) is 0 Å². The average molecular weight is 379 g/mol. The Balaban J connectivity index is 1.66. The van der Waals surface area contributed by atoms with Crippen LogP contribution in [0.25, 0.3) is 0 Å². The molecule has 26 heavy (non-hydrogen) atoms. The molecule has 0 bridgehead atoms. The van der Waals surface area contributed by atoms with Gasteiger partial charge in [0.05, 0.1) is 6.10 Å². The largest absolute Gasteiger partial charge is 0.491 e. The van der Waals surface area contributed by atoms with Crippen LogP contribution >= 0.6 is 0 Å². The van der Waals surface area contributed by atoms with Crippen molar-refractivity contribution in [2.45, 2.75) is 70.4 Å². The summed E-state index contributed by atoms with van der Waals surface area (Å²) in [7, 11) is -1.68. The lowest BCUT2D eigenvalue weighted by molar-refractivity contribution is 0.0419. The number of hydrogen-bond acceptors (Lipinski definition) is 3. The Morgan fingerprint density at radius 3 is 2.54 bits per heavy atom. The van der Waals surface area contributed by atoms with E-state index in [0.717, 1.165) is 19.3 Å². The number of benzene rings is 1. The molecule has 0 amide bonds. The van der Waals surface area contributed by atoms with Crippen LogP contribution in [0.4, 0.5) is 4.39 Å². The Bertz CT molecular complexity index is 625. The van der Waals surface area contributed by atoms with Gasteiger partial charge in [0, 0.05) is 13.0 Å². The summed E-state index contributed by atoms with van der Waals surface area (Å²) in [4.78, 5) is 0. The molecule has 5 heteroatoms. The first-order valence-corrected chi connectivity index (χ1v) is 12.2. The number of hydrogen-bond donors (Lipinski definition) is 0. The van der Waals surface area contributed by atoms with Gasteiger partial charge >= 0.3 is 0 Å². The zero-order valence-corrected chi connectivity index (χ0v) is 17.6. The predicted molar refractivity (Wildman–Crippen MR) is 105 cm³/mol. The van der Waals surface area contributed by atoms with Gasteiger partial charge in [0.1, 0.15) is 24.3 Å². The van der Waals surface area contributed by atoms with Gasteiger partial charge in [0.15, 0.2) is 8.32 Å². The Labute approximate surface area is 158 Å². The van der Waals surface area contributed by atoms with Crippen molar-refractivity contribution in [3.8, 4) is 17.6 Å². The molecule has 3 nitrogen and oxygen atoms in total. The zero-order valence-electron chi connectivity index (χ0n) is 16.6. The highest BCUT2D eigenvalue weighted by molar-refractivity contribution is 6.74. The van der Waals surface area contributed by atoms with Gasteiger partial charge in [0.2, 0.25) is 0 Å². The van der Waals surface area contributed by atoms with E-state index in [-0.39, 0.29) is 23.1 Å². The Morgan fingerprint density at radius 1 is 1.19 bits per heavy atom. The van der Waals surface area contributed by atoms with Crippen LogP contribution in [0.15, 0.2) is 24.3 Å². The quantitative estimate of drug-likeness (QED) is 0.388. The van der Waals surface area contributed by atoms with Crippen LogP contribution in [0.3, 0.4) is 0 Å². The molecule has 1 heterocycles. The van der Waals surface area contributed by atoms with Gasteiger partial charge in [-0.1, -0.05) is 32.6 Å². The molecule has 0 aromatic heterocycles. The fourth-order valence-electron chi connectivity index (χ4n) is 2.41. The van der Waals surface area contributed by atoms with Crippen LogP contribution < -0.4 is 4.74 Å². The summed E-state index contributed by atoms with van der Waals surface area (Å²) in [6, 6.07) is 6.05. The van der Waals surface area contributed by atoms with Crippen LogP contribution in [-0.2, 0) is 9.16 Å². The van der Waals surface area contributed by atoms with Gasteiger partial charge in [-0.2, -0.15) is 0 Å². The fourth-order valence-corrected chi connectivity index (χ4v) is 3.46. The van der Waals surface area contributed by atoms with Crippen molar-refractivity contribution < 1.29 is 18.3 Å². The highest BCUT2D eigenvalue weighted by atomic mass is 28.4. The highest BCUT2D eigenvalue weighted by Crippen LogP contribution is 2.36. The summed E-state index contributed by atoms with van der Waals surface area (Å²) in [6.45, 7) is 12.4. The molecular formula is C21H31FO3Si. The zero-order chi connectivity index (χ0) is 19.2. The first kappa shape index (κ1) is 21.0. The number of ether oxygens (including phenoxy) is 2. The van der Waals surface area contributed by atoms with Crippen LogP contribution in [0.5, 0.6) is 5.75 Å². The maximum Gasteiger partial charge on any atom is 0.192 e. The van der Waals surface area contributed by atoms with Crippen molar-refractivity contribution in [1.82, 2.24) is 0 Å². The molecule has 1 fully saturated rings. The van der Waals surface area contributed by atoms with E-state index in [2.05, 4.69) is 45.7 Å². The molecule has 2 rings (SSSR count). The molecule has 1 aromatic rings. The maximum atomic E-state index is 12.9. The van der Waals surface area contributed by atoms with Crippen molar-refractivity contribution in [3.05, 3.63) is 30.1 Å². The van der Waals surface area contributed by atoms with E-state index in [1.54, 1.807) is 12.1 Å². The van der Waals surface area contributed by atoms with Gasteiger partial charge in [-0.25, -0.2) is 4.39 Å². The first-order chi connectivity index (χ1) is 12.2. The molecular weight excluding hydrogens is 347 g/mol. The molecule has 0 saturated carbocycles. The van der Waals surface area contributed by atoms with Gasteiger partial charge in [-0.05, 0) is 55.2 Å². The van der Waals surface area contributed by atoms with Crippen LogP contribution in [-0.4, -0.2) is 33.7 Å². The van der Waals surface area contributed by atoms with E-state index in [9.17, 15) is 4.39 Å². The second kappa shape index (κ2) is 9.03. The minimum atomic E-state index is -1.68. The minimum absolute atomic E-state index is 0.0234. The second-order valence-corrected chi connectivity index (χ2v) is 13.1. The summed E-state index contributed by atoms with van der Waals surface area (Å²) in [5.74, 6) is 6.79. The van der Waals surface area contributed by atoms with Crippen molar-refractivity contribution in [1.29, 1.82) is 0 Å². The smallest absolute Gasteiger partial charge is 0.192 e. The summed E-state index contributed by atoms with van der Waals surface area (Å²) in [5, 5.41) is 0.229. The topological polar surface area (TPSA) is 27.7 Å². The summed E-state index contributed by atoms with van der Waals surface area (Å²) in [6.07, 6.45) is 2.62. The minimum Gasteiger partial charge on any atom is -0.491 e. The molecule has 144 valence electrons. The molecule has 1 aromatic carbocycles. The number of rotatable bonds is 6. The lowest BCUT2D eigenvalue weighted by Crippen LogP contribution is -2.40. The van der Waals surface area contributed by atoms with E-state index in [1.165, 1.54) is 12.1 Å². The molecule has 1 aliphatic heterocycles. The van der Waals surface area contributed by atoms with Crippen LogP contribution in [0, 0.1) is 17.7 Å². The fraction of sp³-hybridized carbons (Fsp3) is 0.619. The molecule has 0 spiro atoms. The van der Waals surface area contributed by atoms with Gasteiger partial charge in [-0.15, -0.1) is 0 Å². The second-order valence-electron chi connectivity index (χ2n) is 8.27. The lowest BCUT2D eigenvalue weighted by Gasteiger charge is -2.35. The Kier molecular flexibility index (Phi) is 7.28. The SMILES string of the molecule is CC(C)(C)[Si](C)(C)OCCC#C[C@H]1CC[C@@H](COc2ccc(F)cc2)O1. The standard InChI is InChI=1S/C21H31FO3Si/c1-21(2,3)26(4,5)24-15-7-6-8-19-13-14-20(25-19)16-23-18-11-9-17(22)10-12-18/h9-12,19-20H,7,13-16H2,1-5H3/t19-,20-/m0/s1. The van der Waals surface area contributed by atoms with E-state index < -0.39 is 8.32 Å². The maximum absolute atomic E-state index is 12.9. The molecule has 0 radical (unpaired) electrons. The van der Waals surface area contributed by atoms with Gasteiger partial charge in [0.25, 0.3) is 0 Å². The monoisotopic (exact) mass is 378 g/mol. The molecule has 0 aliphatic carbocycles. The average Bonchev–Trinajstić information content (AvgIpc) is 3.01. The Hall–Kier alpha value is -1.35. The predicted octanol–water partition coefficient (Wildman–Crippen LogP) is 5.17. The van der Waals surface area contributed by atoms with E-state index in [0.29, 0.717) is 19.0 Å². The summed E-state index contributed by atoms with van der Waals surface area (Å²) in [5.41, 5.74) is 0. The third-order valence-corrected chi connectivity index (χ3v) is 9.65. The summed E-state index contributed by atoms with van der Waals surface area (Å²) >= 11 is 0. The van der Waals surface area contributed by atoms with E-state index in [4.69, 9.17) is 13.9 Å². The molecule has 0 unspecified atom stereocenters. The summed E-state index contributed by atoms with van der Waals surface area (Å²) < 4.78 is 30.6. The first-order valence-electron chi connectivity index (χ1n) is 9.33. The molecule has 1 saturated heterocycles. The lowest BCUT2D eigenvalue weighted by atomic mass is 10.2. The molecule has 0 N–H and O–H groups in total. The molecule has 1 aliphatic rings. The van der Waals surface area contributed by atoms with E-state index in [1.807, 2.05) is 0 Å². The third-order valence-electron chi connectivity index (χ3n) is 5.12. The normalized spacial score (nSPS) is 20.5. The van der Waals surface area contributed by atoms with Crippen LogP contribution in [0.2, 0.25) is 18.1 Å². The van der Waals surface area contributed by atoms with Crippen molar-refractivity contribution in [2.75, 3.05) is 13.2 Å². The highest BCUT2D eigenvalue weighted by Gasteiger charge is 2.36. The van der Waals surface area contributed by atoms with Crippen molar-refractivity contribution >= 4 is 8.32 Å². The van der Waals surface area contributed by atoms with Gasteiger partial charge in [-0.3, -0.25) is 0 Å². The third kappa shape index (κ3) is 6.42. The van der Waals surface area contributed by atoms with Gasteiger partial charge < -0.3 is 13.9 Å². The molecule has 2 atom stereocenters.